The molecule has 0 bridgehead atoms. The summed E-state index contributed by atoms with van der Waals surface area (Å²) in [6.07, 6.45) is 0. The number of ether oxygens (including phenoxy) is 1. The largest absolute Gasteiger partial charge is 0.508 e. The Morgan fingerprint density at radius 3 is 2.45 bits per heavy atom. The molecule has 1 atom stereocenters. The number of amides is 1. The second kappa shape index (κ2) is 7.95. The van der Waals surface area contributed by atoms with Gasteiger partial charge in [0.1, 0.15) is 23.1 Å². The van der Waals surface area contributed by atoms with E-state index in [1.54, 1.807) is 36.4 Å². The van der Waals surface area contributed by atoms with Gasteiger partial charge in [-0.2, -0.15) is 0 Å². The number of phenolic OH excluding ortho intramolecular Hbond substituents is 1. The number of Topliss-reactive ketones (excluding diaryl/α,β-unsaturated/α-hetero) is 1. The number of halogens is 1. The van der Waals surface area contributed by atoms with E-state index in [4.69, 9.17) is 4.74 Å². The molecule has 0 saturated carbocycles. The van der Waals surface area contributed by atoms with Crippen molar-refractivity contribution < 1.29 is 28.9 Å². The molecule has 3 aromatic rings. The Kier molecular flexibility index (Phi) is 5.17. The SMILES string of the molecule is COc1ccccc1/C(O)=C1\C(=O)C(=O)N(c2cccc(F)c2)C1c1cccc(O)c1. The van der Waals surface area contributed by atoms with E-state index in [-0.39, 0.29) is 22.6 Å². The number of rotatable bonds is 4. The number of aliphatic hydroxyl groups excluding tert-OH is 1. The number of hydrogen-bond donors (Lipinski definition) is 2. The predicted molar refractivity (Wildman–Crippen MR) is 112 cm³/mol. The minimum absolute atomic E-state index is 0.0837. The summed E-state index contributed by atoms with van der Waals surface area (Å²) < 4.78 is 19.2. The Hall–Kier alpha value is -4.13. The van der Waals surface area contributed by atoms with Gasteiger partial charge in [-0.15, -0.1) is 0 Å². The van der Waals surface area contributed by atoms with Crippen LogP contribution in [0.25, 0.3) is 5.76 Å². The molecule has 1 aliphatic heterocycles. The van der Waals surface area contributed by atoms with E-state index in [0.717, 1.165) is 11.0 Å². The Morgan fingerprint density at radius 1 is 1.00 bits per heavy atom. The van der Waals surface area contributed by atoms with Gasteiger partial charge in [-0.3, -0.25) is 14.5 Å². The van der Waals surface area contributed by atoms with Crippen LogP contribution < -0.4 is 9.64 Å². The maximum Gasteiger partial charge on any atom is 0.300 e. The monoisotopic (exact) mass is 419 g/mol. The number of benzene rings is 3. The highest BCUT2D eigenvalue weighted by Gasteiger charge is 2.47. The third kappa shape index (κ3) is 3.50. The minimum atomic E-state index is -1.08. The van der Waals surface area contributed by atoms with Crippen LogP contribution in [-0.2, 0) is 9.59 Å². The number of phenols is 1. The molecular weight excluding hydrogens is 401 g/mol. The molecule has 7 heteroatoms. The van der Waals surface area contributed by atoms with Crippen LogP contribution in [0.15, 0.2) is 78.4 Å². The van der Waals surface area contributed by atoms with Crippen molar-refractivity contribution in [3.8, 4) is 11.5 Å². The molecule has 6 nitrogen and oxygen atoms in total. The number of hydrogen-bond acceptors (Lipinski definition) is 5. The second-order valence-corrected chi connectivity index (χ2v) is 6.94. The molecular formula is C24H18FNO5. The van der Waals surface area contributed by atoms with Crippen molar-refractivity contribution in [2.45, 2.75) is 6.04 Å². The number of methoxy groups -OCH3 is 1. The zero-order chi connectivity index (χ0) is 22.1. The Morgan fingerprint density at radius 2 is 1.74 bits per heavy atom. The first-order chi connectivity index (χ1) is 14.9. The van der Waals surface area contributed by atoms with E-state index in [0.29, 0.717) is 11.3 Å². The molecule has 1 saturated heterocycles. The molecule has 1 amide bonds. The summed E-state index contributed by atoms with van der Waals surface area (Å²) >= 11 is 0. The lowest BCUT2D eigenvalue weighted by Gasteiger charge is -2.25. The van der Waals surface area contributed by atoms with Crippen LogP contribution >= 0.6 is 0 Å². The van der Waals surface area contributed by atoms with Gasteiger partial charge in [0.2, 0.25) is 0 Å². The molecule has 0 aromatic heterocycles. The number of aliphatic hydroxyl groups is 1. The molecule has 0 radical (unpaired) electrons. The zero-order valence-electron chi connectivity index (χ0n) is 16.4. The van der Waals surface area contributed by atoms with Crippen molar-refractivity contribution in [3.63, 3.8) is 0 Å². The second-order valence-electron chi connectivity index (χ2n) is 6.94. The first-order valence-corrected chi connectivity index (χ1v) is 9.41. The number of nitrogens with zero attached hydrogens (tertiary/aromatic N) is 1. The van der Waals surface area contributed by atoms with E-state index in [9.17, 15) is 24.2 Å². The molecule has 0 spiro atoms. The van der Waals surface area contributed by atoms with Crippen LogP contribution in [0.2, 0.25) is 0 Å². The third-order valence-electron chi connectivity index (χ3n) is 5.08. The summed E-state index contributed by atoms with van der Waals surface area (Å²) in [5, 5.41) is 21.1. The van der Waals surface area contributed by atoms with E-state index in [1.165, 1.54) is 37.4 Å². The number of anilines is 1. The Balaban J connectivity index is 1.99. The quantitative estimate of drug-likeness (QED) is 0.377. The highest BCUT2D eigenvalue weighted by Crippen LogP contribution is 2.43. The number of ketones is 1. The highest BCUT2D eigenvalue weighted by molar-refractivity contribution is 6.51. The van der Waals surface area contributed by atoms with E-state index in [1.807, 2.05) is 0 Å². The van der Waals surface area contributed by atoms with Gasteiger partial charge in [0, 0.05) is 5.69 Å². The summed E-state index contributed by atoms with van der Waals surface area (Å²) in [6.45, 7) is 0. The lowest BCUT2D eigenvalue weighted by atomic mass is 9.94. The molecule has 31 heavy (non-hydrogen) atoms. The molecule has 4 rings (SSSR count). The van der Waals surface area contributed by atoms with Crippen LogP contribution in [0.1, 0.15) is 17.2 Å². The molecule has 2 N–H and O–H groups in total. The van der Waals surface area contributed by atoms with Crippen LogP contribution in [0.4, 0.5) is 10.1 Å². The molecule has 1 aliphatic rings. The van der Waals surface area contributed by atoms with Gasteiger partial charge in [0.15, 0.2) is 0 Å². The standard InChI is InChI=1S/C24H18FNO5/c1-31-19-11-3-2-10-18(19)22(28)20-21(14-6-4-9-17(27)12-14)26(24(30)23(20)29)16-8-5-7-15(25)13-16/h2-13,21,27-28H,1H3/b22-20+. The van der Waals surface area contributed by atoms with Crippen LogP contribution in [0.3, 0.4) is 0 Å². The normalized spacial score (nSPS) is 17.7. The van der Waals surface area contributed by atoms with Crippen molar-refractivity contribution in [2.75, 3.05) is 12.0 Å². The molecule has 0 aliphatic carbocycles. The minimum Gasteiger partial charge on any atom is -0.508 e. The van der Waals surface area contributed by atoms with Gasteiger partial charge < -0.3 is 14.9 Å². The van der Waals surface area contributed by atoms with Crippen LogP contribution in [-0.4, -0.2) is 29.0 Å². The molecule has 1 unspecified atom stereocenters. The summed E-state index contributed by atoms with van der Waals surface area (Å²) in [5.41, 5.74) is 0.561. The summed E-state index contributed by atoms with van der Waals surface area (Å²) in [4.78, 5) is 27.2. The van der Waals surface area contributed by atoms with E-state index >= 15 is 0 Å². The van der Waals surface area contributed by atoms with Crippen LogP contribution in [0, 0.1) is 5.82 Å². The highest BCUT2D eigenvalue weighted by atomic mass is 19.1. The number of carbonyl (C=O) groups excluding carboxylic acids is 2. The Labute approximate surface area is 177 Å². The number of aromatic hydroxyl groups is 1. The number of carbonyl (C=O) groups is 2. The molecule has 3 aromatic carbocycles. The summed E-state index contributed by atoms with van der Waals surface area (Å²) in [7, 11) is 1.42. The zero-order valence-corrected chi connectivity index (χ0v) is 16.4. The van der Waals surface area contributed by atoms with Crippen molar-refractivity contribution in [3.05, 3.63) is 95.3 Å². The van der Waals surface area contributed by atoms with Crippen molar-refractivity contribution in [2.24, 2.45) is 0 Å². The lowest BCUT2D eigenvalue weighted by Crippen LogP contribution is -2.29. The summed E-state index contributed by atoms with van der Waals surface area (Å²) in [5.74, 6) is -2.63. The third-order valence-corrected chi connectivity index (χ3v) is 5.08. The van der Waals surface area contributed by atoms with Gasteiger partial charge in [0.05, 0.1) is 24.3 Å². The van der Waals surface area contributed by atoms with Crippen molar-refractivity contribution in [1.29, 1.82) is 0 Å². The maximum absolute atomic E-state index is 13.9. The maximum atomic E-state index is 13.9. The van der Waals surface area contributed by atoms with E-state index < -0.39 is 29.3 Å². The smallest absolute Gasteiger partial charge is 0.300 e. The van der Waals surface area contributed by atoms with Gasteiger partial charge in [0.25, 0.3) is 11.7 Å². The van der Waals surface area contributed by atoms with Gasteiger partial charge >= 0.3 is 0 Å². The Bertz CT molecular complexity index is 1220. The van der Waals surface area contributed by atoms with Crippen molar-refractivity contribution >= 4 is 23.1 Å². The average molecular weight is 419 g/mol. The summed E-state index contributed by atoms with van der Waals surface area (Å²) in [6, 6.07) is 16.7. The van der Waals surface area contributed by atoms with Gasteiger partial charge in [-0.05, 0) is 48.0 Å². The van der Waals surface area contributed by atoms with Gasteiger partial charge in [-0.25, -0.2) is 4.39 Å². The first kappa shape index (κ1) is 20.2. The fourth-order valence-corrected chi connectivity index (χ4v) is 3.72. The first-order valence-electron chi connectivity index (χ1n) is 9.41. The van der Waals surface area contributed by atoms with Crippen molar-refractivity contribution in [1.82, 2.24) is 0 Å². The average Bonchev–Trinajstić information content (AvgIpc) is 3.04. The fourth-order valence-electron chi connectivity index (χ4n) is 3.72. The predicted octanol–water partition coefficient (Wildman–Crippen LogP) is 4.17. The molecule has 156 valence electrons. The van der Waals surface area contributed by atoms with Crippen LogP contribution in [0.5, 0.6) is 11.5 Å². The fraction of sp³-hybridized carbons (Fsp3) is 0.0833. The van der Waals surface area contributed by atoms with E-state index in [2.05, 4.69) is 0 Å². The molecule has 1 fully saturated rings. The lowest BCUT2D eigenvalue weighted by molar-refractivity contribution is -0.132. The number of para-hydroxylation sites is 1. The van der Waals surface area contributed by atoms with Gasteiger partial charge in [-0.1, -0.05) is 30.3 Å². The molecule has 1 heterocycles. The topological polar surface area (TPSA) is 87.1 Å².